The Morgan fingerprint density at radius 3 is 1.89 bits per heavy atom. The number of rotatable bonds is 1. The van der Waals surface area contributed by atoms with Gasteiger partial charge in [0.1, 0.15) is 0 Å². The molecule has 0 aromatic rings. The summed E-state index contributed by atoms with van der Waals surface area (Å²) < 4.78 is 33.8. The minimum atomic E-state index is -4.69. The summed E-state index contributed by atoms with van der Waals surface area (Å²) in [4.78, 5) is 9.66. The van der Waals surface area contributed by atoms with Crippen LogP contribution >= 0.6 is 12.6 Å². The predicted octanol–water partition coefficient (Wildman–Crippen LogP) is 0.657. The number of alkyl halides is 3. The molecule has 1 unspecified atom stereocenters. The van der Waals surface area contributed by atoms with Gasteiger partial charge in [-0.3, -0.25) is 10.5 Å². The van der Waals surface area contributed by atoms with Gasteiger partial charge in [0.2, 0.25) is 0 Å². The van der Waals surface area contributed by atoms with E-state index in [4.69, 9.17) is 5.73 Å². The number of thiol groups is 1. The second kappa shape index (κ2) is 2.47. The summed E-state index contributed by atoms with van der Waals surface area (Å²) in [7, 11) is 0. The molecule has 0 saturated heterocycles. The molecule has 1 radical (unpaired) electrons. The fourth-order valence-corrected chi connectivity index (χ4v) is 0.149. The molecule has 0 fully saturated rings. The number of hydrogen-bond acceptors (Lipinski definition) is 2. The Bertz CT molecular complexity index is 123. The molecule has 2 nitrogen and oxygen atoms in total. The Balaban J connectivity index is 4.04. The molecule has 0 heterocycles. The molecule has 0 saturated carbocycles. The minimum absolute atomic E-state index is 1.73. The second-order valence-corrected chi connectivity index (χ2v) is 1.82. The molecule has 9 heavy (non-hydrogen) atoms. The molecule has 53 valence electrons. The van der Waals surface area contributed by atoms with E-state index in [0.717, 1.165) is 0 Å². The lowest BCUT2D eigenvalue weighted by Gasteiger charge is -2.08. The summed E-state index contributed by atoms with van der Waals surface area (Å²) in [5.41, 5.74) is 6.00. The van der Waals surface area contributed by atoms with Crippen LogP contribution in [0.2, 0.25) is 0 Å². The van der Waals surface area contributed by atoms with Crippen molar-refractivity contribution >= 4 is 18.5 Å². The van der Waals surface area contributed by atoms with Crippen molar-refractivity contribution in [2.45, 2.75) is 11.4 Å². The smallest absolute Gasteiger partial charge is 0.272 e. The van der Waals surface area contributed by atoms with E-state index in [1.54, 1.807) is 0 Å². The fraction of sp³-hybridized carbons (Fsp3) is 0.667. The zero-order chi connectivity index (χ0) is 7.65. The van der Waals surface area contributed by atoms with E-state index in [-0.39, 0.29) is 0 Å². The quantitative estimate of drug-likeness (QED) is 0.559. The highest BCUT2D eigenvalue weighted by Crippen LogP contribution is 2.23. The Labute approximate surface area is 54.6 Å². The zero-order valence-electron chi connectivity index (χ0n) is 4.07. The Hall–Kier alpha value is -0.390. The largest absolute Gasteiger partial charge is 0.409 e. The van der Waals surface area contributed by atoms with Gasteiger partial charge in [0.05, 0.1) is 0 Å². The summed E-state index contributed by atoms with van der Waals surface area (Å²) >= 11 is 2.84. The highest BCUT2D eigenvalue weighted by atomic mass is 32.1. The molecule has 0 spiro atoms. The maximum atomic E-state index is 11.3. The van der Waals surface area contributed by atoms with Crippen molar-refractivity contribution in [2.75, 3.05) is 0 Å². The molecule has 6 heteroatoms. The van der Waals surface area contributed by atoms with E-state index >= 15 is 0 Å². The molecular formula is C3H3F3NOS. The topological polar surface area (TPSA) is 40.9 Å². The van der Waals surface area contributed by atoms with Crippen molar-refractivity contribution < 1.29 is 18.0 Å². The third-order valence-corrected chi connectivity index (χ3v) is 1.09. The number of amides is 1. The van der Waals surface area contributed by atoms with E-state index in [1.807, 2.05) is 0 Å². The summed E-state index contributed by atoms with van der Waals surface area (Å²) in [6, 6.07) is 0. The average Bonchev–Trinajstić information content (AvgIpc) is 1.62. The standard InChI is InChI=1S/C3H3F3NOS/c4-3(5,6)1(9)2(7)8/h1,7,9H. The minimum Gasteiger partial charge on any atom is -0.272 e. The molecule has 0 rings (SSSR count). The lowest BCUT2D eigenvalue weighted by molar-refractivity contribution is -0.147. The van der Waals surface area contributed by atoms with Gasteiger partial charge >= 0.3 is 6.18 Å². The van der Waals surface area contributed by atoms with Crippen LogP contribution in [0.15, 0.2) is 0 Å². The average molecular weight is 158 g/mol. The molecule has 1 amide bonds. The van der Waals surface area contributed by atoms with Crippen LogP contribution in [0.3, 0.4) is 0 Å². The van der Waals surface area contributed by atoms with Gasteiger partial charge in [-0.25, -0.2) is 0 Å². The lowest BCUT2D eigenvalue weighted by Crippen LogP contribution is -2.32. The van der Waals surface area contributed by atoms with Gasteiger partial charge in [-0.15, -0.1) is 0 Å². The number of hydrogen-bond donors (Lipinski definition) is 1. The van der Waals surface area contributed by atoms with Crippen molar-refractivity contribution in [2.24, 2.45) is 0 Å². The van der Waals surface area contributed by atoms with Crippen LogP contribution in [-0.4, -0.2) is 17.3 Å². The molecule has 0 aromatic carbocycles. The van der Waals surface area contributed by atoms with Crippen LogP contribution in [0.25, 0.3) is 0 Å². The summed E-state index contributed by atoms with van der Waals surface area (Å²) in [5, 5.41) is -2.46. The third-order valence-electron chi connectivity index (χ3n) is 0.558. The molecule has 0 aromatic heterocycles. The van der Waals surface area contributed by atoms with E-state index in [0.29, 0.717) is 0 Å². The fourth-order valence-electron chi connectivity index (χ4n) is 0.149. The van der Waals surface area contributed by atoms with Gasteiger partial charge in [0.25, 0.3) is 5.91 Å². The molecule has 0 aliphatic rings. The third kappa shape index (κ3) is 2.59. The van der Waals surface area contributed by atoms with E-state index in [9.17, 15) is 18.0 Å². The normalized spacial score (nSPS) is 15.1. The van der Waals surface area contributed by atoms with Gasteiger partial charge in [-0.05, 0) is 0 Å². The summed E-state index contributed by atoms with van der Waals surface area (Å²) in [5.74, 6) is -1.73. The van der Waals surface area contributed by atoms with Crippen molar-refractivity contribution in [3.8, 4) is 0 Å². The highest BCUT2D eigenvalue weighted by molar-refractivity contribution is 7.81. The number of halogens is 3. The molecule has 0 aliphatic carbocycles. The first kappa shape index (κ1) is 8.61. The molecule has 1 N–H and O–H groups in total. The Morgan fingerprint density at radius 2 is 1.89 bits per heavy atom. The Morgan fingerprint density at radius 1 is 1.56 bits per heavy atom. The Kier molecular flexibility index (Phi) is 2.36. The molecular weight excluding hydrogens is 155 g/mol. The van der Waals surface area contributed by atoms with Crippen molar-refractivity contribution in [1.82, 2.24) is 5.73 Å². The van der Waals surface area contributed by atoms with Crippen LogP contribution in [0, 0.1) is 0 Å². The van der Waals surface area contributed by atoms with Crippen LogP contribution in [0.4, 0.5) is 13.2 Å². The van der Waals surface area contributed by atoms with Crippen molar-refractivity contribution in [3.63, 3.8) is 0 Å². The summed E-state index contributed by atoms with van der Waals surface area (Å²) in [6.45, 7) is 0. The van der Waals surface area contributed by atoms with E-state index in [1.165, 1.54) is 0 Å². The molecule has 0 aliphatic heterocycles. The maximum absolute atomic E-state index is 11.3. The predicted molar refractivity (Wildman–Crippen MR) is 26.9 cm³/mol. The first-order valence-electron chi connectivity index (χ1n) is 1.86. The van der Waals surface area contributed by atoms with Gasteiger partial charge in [0, 0.05) is 0 Å². The van der Waals surface area contributed by atoms with E-state index < -0.39 is 17.3 Å². The first-order valence-corrected chi connectivity index (χ1v) is 2.37. The lowest BCUT2D eigenvalue weighted by atomic mass is 10.4. The first-order chi connectivity index (χ1) is 3.85. The van der Waals surface area contributed by atoms with Gasteiger partial charge < -0.3 is 0 Å². The monoisotopic (exact) mass is 158 g/mol. The second-order valence-electron chi connectivity index (χ2n) is 1.31. The number of carbonyl (C=O) groups excluding carboxylic acids is 1. The highest BCUT2D eigenvalue weighted by Gasteiger charge is 2.41. The van der Waals surface area contributed by atoms with Gasteiger partial charge in [-0.2, -0.15) is 25.8 Å². The van der Waals surface area contributed by atoms with Gasteiger partial charge in [-0.1, -0.05) is 0 Å². The molecule has 0 bridgehead atoms. The van der Waals surface area contributed by atoms with Crippen LogP contribution in [0.5, 0.6) is 0 Å². The SMILES string of the molecule is [NH]C(=O)C(S)C(F)(F)F. The zero-order valence-corrected chi connectivity index (χ0v) is 4.96. The van der Waals surface area contributed by atoms with Crippen molar-refractivity contribution in [3.05, 3.63) is 0 Å². The summed E-state index contributed by atoms with van der Waals surface area (Å²) in [6.07, 6.45) is -4.69. The van der Waals surface area contributed by atoms with Crippen molar-refractivity contribution in [1.29, 1.82) is 0 Å². The maximum Gasteiger partial charge on any atom is 0.409 e. The molecule has 1 atom stereocenters. The van der Waals surface area contributed by atoms with Gasteiger partial charge in [0.15, 0.2) is 5.25 Å². The van der Waals surface area contributed by atoms with Crippen LogP contribution in [0.1, 0.15) is 0 Å². The van der Waals surface area contributed by atoms with Crippen LogP contribution in [-0.2, 0) is 4.79 Å². The van der Waals surface area contributed by atoms with Crippen LogP contribution < -0.4 is 5.73 Å². The van der Waals surface area contributed by atoms with E-state index in [2.05, 4.69) is 12.6 Å². The number of nitrogens with one attached hydrogen (secondary N) is 1. The number of carbonyl (C=O) groups is 1.